The molecule has 94 valence electrons. The molecule has 3 nitrogen and oxygen atoms in total. The van der Waals surface area contributed by atoms with E-state index >= 15 is 0 Å². The Bertz CT molecular complexity index is 396. The fraction of sp³-hybridized carbons (Fsp3) is 0.417. The van der Waals surface area contributed by atoms with Crippen LogP contribution in [0.15, 0.2) is 18.2 Å². The van der Waals surface area contributed by atoms with Crippen LogP contribution < -0.4 is 10.6 Å². The van der Waals surface area contributed by atoms with Crippen LogP contribution in [0.5, 0.6) is 0 Å². The first kappa shape index (κ1) is 14.3. The summed E-state index contributed by atoms with van der Waals surface area (Å²) >= 11 is 11.8. The van der Waals surface area contributed by atoms with Crippen LogP contribution in [0.4, 0.5) is 5.69 Å². The standard InChI is InChI=1S/C12H16Cl2N2O/c1-3-15-8(2)6-12(17)16-11-7-9(13)4-5-10(11)14/h4-5,7-8,15H,3,6H2,1-2H3,(H,16,17). The van der Waals surface area contributed by atoms with Gasteiger partial charge in [-0.2, -0.15) is 0 Å². The lowest BCUT2D eigenvalue weighted by Crippen LogP contribution is -2.30. The van der Waals surface area contributed by atoms with Crippen molar-refractivity contribution in [3.63, 3.8) is 0 Å². The van der Waals surface area contributed by atoms with E-state index in [2.05, 4.69) is 10.6 Å². The maximum Gasteiger partial charge on any atom is 0.225 e. The third-order valence-electron chi connectivity index (χ3n) is 2.25. The molecule has 1 amide bonds. The number of carbonyl (C=O) groups excluding carboxylic acids is 1. The molecule has 0 aliphatic rings. The highest BCUT2D eigenvalue weighted by atomic mass is 35.5. The normalized spacial score (nSPS) is 12.2. The van der Waals surface area contributed by atoms with Crippen molar-refractivity contribution in [2.45, 2.75) is 26.3 Å². The number of amides is 1. The quantitative estimate of drug-likeness (QED) is 0.865. The number of carbonyl (C=O) groups is 1. The molecule has 0 spiro atoms. The number of nitrogens with one attached hydrogen (secondary N) is 2. The van der Waals surface area contributed by atoms with Crippen molar-refractivity contribution in [3.05, 3.63) is 28.2 Å². The largest absolute Gasteiger partial charge is 0.325 e. The van der Waals surface area contributed by atoms with Crippen molar-refractivity contribution in [1.82, 2.24) is 5.32 Å². The number of hydrogen-bond acceptors (Lipinski definition) is 2. The summed E-state index contributed by atoms with van der Waals surface area (Å²) in [4.78, 5) is 11.7. The van der Waals surface area contributed by atoms with Crippen LogP contribution in [0.2, 0.25) is 10.0 Å². The van der Waals surface area contributed by atoms with Crippen molar-refractivity contribution in [1.29, 1.82) is 0 Å². The van der Waals surface area contributed by atoms with E-state index in [0.29, 0.717) is 22.2 Å². The summed E-state index contributed by atoms with van der Waals surface area (Å²) in [5, 5.41) is 6.94. The van der Waals surface area contributed by atoms with Gasteiger partial charge in [-0.1, -0.05) is 30.1 Å². The second-order valence-electron chi connectivity index (χ2n) is 3.84. The van der Waals surface area contributed by atoms with Gasteiger partial charge in [0.15, 0.2) is 0 Å². The number of halogens is 2. The predicted octanol–water partition coefficient (Wildman–Crippen LogP) is 3.32. The van der Waals surface area contributed by atoms with Crippen LogP contribution in [0.25, 0.3) is 0 Å². The van der Waals surface area contributed by atoms with Crippen molar-refractivity contribution in [3.8, 4) is 0 Å². The molecule has 0 radical (unpaired) electrons. The Morgan fingerprint density at radius 3 is 2.76 bits per heavy atom. The van der Waals surface area contributed by atoms with Gasteiger partial charge in [-0.15, -0.1) is 0 Å². The van der Waals surface area contributed by atoms with Gasteiger partial charge in [0.1, 0.15) is 0 Å². The molecule has 0 aromatic heterocycles. The average molecular weight is 275 g/mol. The van der Waals surface area contributed by atoms with Crippen molar-refractivity contribution in [2.24, 2.45) is 0 Å². The van der Waals surface area contributed by atoms with Crippen LogP contribution in [-0.2, 0) is 4.79 Å². The summed E-state index contributed by atoms with van der Waals surface area (Å²) in [6.07, 6.45) is 0.399. The molecule has 1 aromatic rings. The van der Waals surface area contributed by atoms with Gasteiger partial charge in [-0.3, -0.25) is 4.79 Å². The maximum absolute atomic E-state index is 11.7. The average Bonchev–Trinajstić information content (AvgIpc) is 2.23. The van der Waals surface area contributed by atoms with Gasteiger partial charge in [0.25, 0.3) is 0 Å². The van der Waals surface area contributed by atoms with Crippen LogP contribution >= 0.6 is 23.2 Å². The minimum Gasteiger partial charge on any atom is -0.325 e. The zero-order valence-corrected chi connectivity index (χ0v) is 11.4. The predicted molar refractivity (Wildman–Crippen MR) is 72.8 cm³/mol. The van der Waals surface area contributed by atoms with Crippen LogP contribution in [0.1, 0.15) is 20.3 Å². The van der Waals surface area contributed by atoms with Crippen molar-refractivity contribution in [2.75, 3.05) is 11.9 Å². The Morgan fingerprint density at radius 1 is 1.41 bits per heavy atom. The molecule has 0 aliphatic heterocycles. The van der Waals surface area contributed by atoms with Gasteiger partial charge in [-0.25, -0.2) is 0 Å². The second-order valence-corrected chi connectivity index (χ2v) is 4.68. The highest BCUT2D eigenvalue weighted by Crippen LogP contribution is 2.25. The van der Waals surface area contributed by atoms with Gasteiger partial charge in [0.2, 0.25) is 5.91 Å². The summed E-state index contributed by atoms with van der Waals surface area (Å²) in [6.45, 7) is 4.80. The number of benzene rings is 1. The van der Waals surface area contributed by atoms with Crippen LogP contribution in [0.3, 0.4) is 0 Å². The van der Waals surface area contributed by atoms with E-state index in [-0.39, 0.29) is 11.9 Å². The summed E-state index contributed by atoms with van der Waals surface area (Å²) in [7, 11) is 0. The number of rotatable bonds is 5. The van der Waals surface area contributed by atoms with E-state index in [0.717, 1.165) is 6.54 Å². The lowest BCUT2D eigenvalue weighted by Gasteiger charge is -2.12. The first-order valence-electron chi connectivity index (χ1n) is 5.51. The Hall–Kier alpha value is -0.770. The first-order valence-corrected chi connectivity index (χ1v) is 6.26. The fourth-order valence-corrected chi connectivity index (χ4v) is 1.83. The van der Waals surface area contributed by atoms with E-state index in [4.69, 9.17) is 23.2 Å². The minimum atomic E-state index is -0.0809. The molecule has 1 rings (SSSR count). The maximum atomic E-state index is 11.7. The lowest BCUT2D eigenvalue weighted by molar-refractivity contribution is -0.116. The van der Waals surface area contributed by atoms with E-state index in [1.807, 2.05) is 13.8 Å². The highest BCUT2D eigenvalue weighted by molar-refractivity contribution is 6.35. The van der Waals surface area contributed by atoms with Crippen molar-refractivity contribution < 1.29 is 4.79 Å². The van der Waals surface area contributed by atoms with Gasteiger partial charge in [0, 0.05) is 17.5 Å². The summed E-state index contributed by atoms with van der Waals surface area (Å²) in [5.41, 5.74) is 0.549. The zero-order valence-electron chi connectivity index (χ0n) is 9.89. The molecule has 1 atom stereocenters. The molecule has 17 heavy (non-hydrogen) atoms. The van der Waals surface area contributed by atoms with E-state index < -0.39 is 0 Å². The Morgan fingerprint density at radius 2 is 2.12 bits per heavy atom. The zero-order chi connectivity index (χ0) is 12.8. The SMILES string of the molecule is CCNC(C)CC(=O)Nc1cc(Cl)ccc1Cl. The molecular weight excluding hydrogens is 259 g/mol. The summed E-state index contributed by atoms with van der Waals surface area (Å²) < 4.78 is 0. The van der Waals surface area contributed by atoms with E-state index in [1.165, 1.54) is 0 Å². The summed E-state index contributed by atoms with van der Waals surface area (Å²) in [6, 6.07) is 5.12. The Balaban J connectivity index is 2.58. The van der Waals surface area contributed by atoms with Gasteiger partial charge in [0.05, 0.1) is 10.7 Å². The molecule has 1 aromatic carbocycles. The molecule has 5 heteroatoms. The molecule has 0 fully saturated rings. The van der Waals surface area contributed by atoms with Gasteiger partial charge in [-0.05, 0) is 31.7 Å². The van der Waals surface area contributed by atoms with Gasteiger partial charge < -0.3 is 10.6 Å². The highest BCUT2D eigenvalue weighted by Gasteiger charge is 2.10. The van der Waals surface area contributed by atoms with Crippen LogP contribution in [-0.4, -0.2) is 18.5 Å². The topological polar surface area (TPSA) is 41.1 Å². The molecular formula is C12H16Cl2N2O. The molecule has 0 aliphatic carbocycles. The monoisotopic (exact) mass is 274 g/mol. The Kier molecular flexibility index (Phi) is 5.75. The second kappa shape index (κ2) is 6.84. The molecule has 0 saturated heterocycles. The molecule has 2 N–H and O–H groups in total. The lowest BCUT2D eigenvalue weighted by atomic mass is 10.2. The number of hydrogen-bond donors (Lipinski definition) is 2. The van der Waals surface area contributed by atoms with Crippen molar-refractivity contribution >= 4 is 34.8 Å². The molecule has 1 unspecified atom stereocenters. The van der Waals surface area contributed by atoms with E-state index in [1.54, 1.807) is 18.2 Å². The van der Waals surface area contributed by atoms with E-state index in [9.17, 15) is 4.79 Å². The first-order chi connectivity index (χ1) is 8.02. The minimum absolute atomic E-state index is 0.0809. The fourth-order valence-electron chi connectivity index (χ4n) is 1.49. The molecule has 0 bridgehead atoms. The van der Waals surface area contributed by atoms with Crippen LogP contribution in [0, 0.1) is 0 Å². The van der Waals surface area contributed by atoms with Gasteiger partial charge >= 0.3 is 0 Å². The summed E-state index contributed by atoms with van der Waals surface area (Å²) in [5.74, 6) is -0.0809. The third-order valence-corrected chi connectivity index (χ3v) is 2.81. The third kappa shape index (κ3) is 4.94. The Labute approximate surface area is 111 Å². The number of anilines is 1. The molecule has 0 saturated carbocycles. The smallest absolute Gasteiger partial charge is 0.225 e. The molecule has 0 heterocycles.